The van der Waals surface area contributed by atoms with Crippen molar-refractivity contribution in [2.45, 2.75) is 70.8 Å². The minimum absolute atomic E-state index is 0.334. The van der Waals surface area contributed by atoms with Crippen LogP contribution in [0.3, 0.4) is 0 Å². The number of carbonyl (C=O) groups excluding carboxylic acids is 1. The van der Waals surface area contributed by atoms with Crippen LogP contribution in [0.5, 0.6) is 0 Å². The zero-order valence-electron chi connectivity index (χ0n) is 12.2. The number of piperidine rings is 1. The number of carbonyl (C=O) groups is 1. The van der Waals surface area contributed by atoms with Gasteiger partial charge in [0, 0.05) is 19.5 Å². The first-order valence-electron chi connectivity index (χ1n) is 8.43. The van der Waals surface area contributed by atoms with E-state index in [4.69, 9.17) is 0 Å². The average Bonchev–Trinajstić information content (AvgIpc) is 2.37. The van der Waals surface area contributed by atoms with Crippen molar-refractivity contribution in [3.8, 4) is 0 Å². The third kappa shape index (κ3) is 1.86. The van der Waals surface area contributed by atoms with Crippen LogP contribution in [0.4, 0.5) is 0 Å². The molecule has 1 atom stereocenters. The van der Waals surface area contributed by atoms with Gasteiger partial charge in [-0.1, -0.05) is 0 Å². The molecular weight excluding hydrogens is 234 g/mol. The maximum Gasteiger partial charge on any atom is 0.219 e. The molecule has 0 aromatic carbocycles. The van der Waals surface area contributed by atoms with Crippen LogP contribution in [0, 0.1) is 23.2 Å². The first-order valence-corrected chi connectivity index (χ1v) is 8.43. The maximum atomic E-state index is 12.0. The zero-order chi connectivity index (χ0) is 13.0. The highest BCUT2D eigenvalue weighted by atomic mass is 16.2. The van der Waals surface area contributed by atoms with E-state index in [-0.39, 0.29) is 0 Å². The van der Waals surface area contributed by atoms with Gasteiger partial charge >= 0.3 is 0 Å². The molecule has 1 saturated heterocycles. The van der Waals surface area contributed by atoms with Crippen molar-refractivity contribution in [2.75, 3.05) is 6.54 Å². The minimum atomic E-state index is 0.334. The maximum absolute atomic E-state index is 12.0. The van der Waals surface area contributed by atoms with Gasteiger partial charge < -0.3 is 4.90 Å². The van der Waals surface area contributed by atoms with Crippen LogP contribution < -0.4 is 0 Å². The summed E-state index contributed by atoms with van der Waals surface area (Å²) in [6.07, 6.45) is 12.7. The molecule has 0 unspecified atom stereocenters. The van der Waals surface area contributed by atoms with Gasteiger partial charge in [-0.05, 0) is 81.0 Å². The van der Waals surface area contributed by atoms with Gasteiger partial charge in [-0.3, -0.25) is 4.79 Å². The number of amides is 1. The average molecular weight is 261 g/mol. The third-order valence-corrected chi connectivity index (χ3v) is 6.70. The fourth-order valence-corrected chi connectivity index (χ4v) is 6.53. The largest absolute Gasteiger partial charge is 0.339 e. The van der Waals surface area contributed by atoms with E-state index in [0.29, 0.717) is 17.4 Å². The fraction of sp³-hybridized carbons (Fsp3) is 0.941. The van der Waals surface area contributed by atoms with Crippen molar-refractivity contribution in [3.05, 3.63) is 0 Å². The number of hydrogen-bond donors (Lipinski definition) is 0. The summed E-state index contributed by atoms with van der Waals surface area (Å²) < 4.78 is 0. The number of rotatable bonds is 1. The second kappa shape index (κ2) is 4.23. The normalized spacial score (nSPS) is 48.6. The van der Waals surface area contributed by atoms with Crippen molar-refractivity contribution in [2.24, 2.45) is 23.2 Å². The van der Waals surface area contributed by atoms with Crippen LogP contribution in [0.2, 0.25) is 0 Å². The quantitative estimate of drug-likeness (QED) is 0.706. The highest BCUT2D eigenvalue weighted by molar-refractivity contribution is 5.73. The van der Waals surface area contributed by atoms with Gasteiger partial charge in [0.1, 0.15) is 0 Å². The minimum Gasteiger partial charge on any atom is -0.339 e. The molecule has 0 radical (unpaired) electrons. The Balaban J connectivity index is 1.64. The number of likely N-dealkylation sites (tertiary alicyclic amines) is 1. The Kier molecular flexibility index (Phi) is 2.72. The van der Waals surface area contributed by atoms with E-state index in [1.54, 1.807) is 6.92 Å². The summed E-state index contributed by atoms with van der Waals surface area (Å²) in [5, 5.41) is 0. The summed E-state index contributed by atoms with van der Waals surface area (Å²) in [6.45, 7) is 2.82. The van der Waals surface area contributed by atoms with Crippen LogP contribution in [-0.2, 0) is 4.79 Å². The molecule has 4 aliphatic carbocycles. The van der Waals surface area contributed by atoms with Crippen molar-refractivity contribution in [3.63, 3.8) is 0 Å². The molecule has 4 saturated carbocycles. The predicted octanol–water partition coefficient (Wildman–Crippen LogP) is 3.60. The summed E-state index contributed by atoms with van der Waals surface area (Å²) in [4.78, 5) is 14.3. The molecule has 5 rings (SSSR count). The molecule has 2 heteroatoms. The molecule has 4 bridgehead atoms. The standard InChI is InChI=1S/C17H27NO/c1-12(19)18-5-3-2-4-16(18)17-9-13-6-14(10-17)8-15(7-13)11-17/h13-16H,2-11H2,1H3/t13?,14?,15?,16-,17?/m0/s1. The molecule has 19 heavy (non-hydrogen) atoms. The lowest BCUT2D eigenvalue weighted by Crippen LogP contribution is -2.59. The second-order valence-corrected chi connectivity index (χ2v) is 8.00. The molecule has 0 aromatic heterocycles. The second-order valence-electron chi connectivity index (χ2n) is 8.00. The van der Waals surface area contributed by atoms with Crippen LogP contribution in [0.1, 0.15) is 64.7 Å². The van der Waals surface area contributed by atoms with Gasteiger partial charge in [0.2, 0.25) is 5.91 Å². The van der Waals surface area contributed by atoms with Crippen molar-refractivity contribution in [1.29, 1.82) is 0 Å². The monoisotopic (exact) mass is 261 g/mol. The molecule has 0 spiro atoms. The van der Waals surface area contributed by atoms with Crippen molar-refractivity contribution in [1.82, 2.24) is 4.90 Å². The Bertz CT molecular complexity index is 353. The molecule has 0 aromatic rings. The van der Waals surface area contributed by atoms with Crippen LogP contribution >= 0.6 is 0 Å². The molecule has 5 aliphatic rings. The lowest BCUT2D eigenvalue weighted by molar-refractivity contribution is -0.148. The summed E-state index contributed by atoms with van der Waals surface area (Å²) in [5.41, 5.74) is 0.529. The van der Waals surface area contributed by atoms with E-state index in [0.717, 1.165) is 24.3 Å². The van der Waals surface area contributed by atoms with Gasteiger partial charge in [0.25, 0.3) is 0 Å². The Hall–Kier alpha value is -0.530. The molecular formula is C17H27NO. The first-order chi connectivity index (χ1) is 9.16. The summed E-state index contributed by atoms with van der Waals surface area (Å²) >= 11 is 0. The van der Waals surface area contributed by atoms with Crippen LogP contribution in [0.25, 0.3) is 0 Å². The van der Waals surface area contributed by atoms with Crippen molar-refractivity contribution < 1.29 is 4.79 Å². The van der Waals surface area contributed by atoms with Gasteiger partial charge in [-0.25, -0.2) is 0 Å². The van der Waals surface area contributed by atoms with E-state index in [1.165, 1.54) is 57.8 Å². The van der Waals surface area contributed by atoms with Gasteiger partial charge in [-0.2, -0.15) is 0 Å². The Morgan fingerprint density at radius 2 is 1.58 bits per heavy atom. The molecule has 1 amide bonds. The van der Waals surface area contributed by atoms with Gasteiger partial charge in [-0.15, -0.1) is 0 Å². The topological polar surface area (TPSA) is 20.3 Å². The fourth-order valence-electron chi connectivity index (χ4n) is 6.53. The third-order valence-electron chi connectivity index (χ3n) is 6.70. The number of nitrogens with zero attached hydrogens (tertiary/aromatic N) is 1. The van der Waals surface area contributed by atoms with E-state index in [2.05, 4.69) is 4.90 Å². The summed E-state index contributed by atoms with van der Waals surface area (Å²) in [6, 6.07) is 0.590. The van der Waals surface area contributed by atoms with E-state index in [1.807, 2.05) is 0 Å². The van der Waals surface area contributed by atoms with Crippen molar-refractivity contribution >= 4 is 5.91 Å². The summed E-state index contributed by atoms with van der Waals surface area (Å²) in [7, 11) is 0. The Morgan fingerprint density at radius 3 is 2.11 bits per heavy atom. The molecule has 5 fully saturated rings. The Labute approximate surface area is 116 Å². The first kappa shape index (κ1) is 12.2. The molecule has 0 N–H and O–H groups in total. The highest BCUT2D eigenvalue weighted by Crippen LogP contribution is 2.62. The lowest BCUT2D eigenvalue weighted by Gasteiger charge is -2.61. The van der Waals surface area contributed by atoms with E-state index >= 15 is 0 Å². The van der Waals surface area contributed by atoms with Gasteiger partial charge in [0.15, 0.2) is 0 Å². The zero-order valence-corrected chi connectivity index (χ0v) is 12.2. The lowest BCUT2D eigenvalue weighted by atomic mass is 9.47. The molecule has 2 nitrogen and oxygen atoms in total. The van der Waals surface area contributed by atoms with E-state index < -0.39 is 0 Å². The smallest absolute Gasteiger partial charge is 0.219 e. The van der Waals surface area contributed by atoms with E-state index in [9.17, 15) is 4.79 Å². The molecule has 106 valence electrons. The summed E-state index contributed by atoms with van der Waals surface area (Å²) in [5.74, 6) is 3.34. The Morgan fingerprint density at radius 1 is 1.00 bits per heavy atom. The SMILES string of the molecule is CC(=O)N1CCCC[C@H]1C12CC3CC(CC(C3)C1)C2. The van der Waals surface area contributed by atoms with Crippen LogP contribution in [0.15, 0.2) is 0 Å². The van der Waals surface area contributed by atoms with Crippen LogP contribution in [-0.4, -0.2) is 23.4 Å². The van der Waals surface area contributed by atoms with Gasteiger partial charge in [0.05, 0.1) is 0 Å². The highest BCUT2D eigenvalue weighted by Gasteiger charge is 2.55. The number of hydrogen-bond acceptors (Lipinski definition) is 1. The predicted molar refractivity (Wildman–Crippen MR) is 75.6 cm³/mol. The molecule has 1 aliphatic heterocycles. The molecule has 1 heterocycles.